The number of carbonyl (C=O) groups excluding carboxylic acids is 4. The average molecular weight is 1110 g/mol. The zero-order chi connectivity index (χ0) is 56.0. The Balaban J connectivity index is 0.598. The van der Waals surface area contributed by atoms with E-state index in [1.807, 2.05) is 30.1 Å². The van der Waals surface area contributed by atoms with E-state index in [1.54, 1.807) is 36.6 Å². The molecule has 18 nitrogen and oxygen atoms in total. The van der Waals surface area contributed by atoms with Gasteiger partial charge in [0.05, 0.1) is 52.2 Å². The fourth-order valence-electron chi connectivity index (χ4n) is 13.3. The number of pyridine rings is 2. The Kier molecular flexibility index (Phi) is 15.7. The molecule has 2 aliphatic carbocycles. The van der Waals surface area contributed by atoms with Crippen molar-refractivity contribution >= 4 is 57.7 Å². The number of cyclic esters (lactones) is 1. The largest absolute Gasteiger partial charge is 0.458 e. The number of aliphatic hydroxyl groups is 1. The molecule has 11 rings (SSSR count). The molecule has 0 spiro atoms. The van der Waals surface area contributed by atoms with Crippen LogP contribution in [0.3, 0.4) is 0 Å². The number of ether oxygens (including phenoxy) is 1. The van der Waals surface area contributed by atoms with Crippen LogP contribution in [0.15, 0.2) is 47.3 Å². The van der Waals surface area contributed by atoms with Crippen molar-refractivity contribution in [2.24, 2.45) is 5.92 Å². The molecule has 0 bridgehead atoms. The van der Waals surface area contributed by atoms with Crippen molar-refractivity contribution in [2.45, 2.75) is 141 Å². The minimum absolute atomic E-state index is 0.00752. The molecule has 1 saturated carbocycles. The molecular formula is C60H69ClFN11O7. The predicted octanol–water partition coefficient (Wildman–Crippen LogP) is 7.13. The molecule has 0 radical (unpaired) electrons. The van der Waals surface area contributed by atoms with Gasteiger partial charge in [-0.15, -0.1) is 10.2 Å². The topological polar surface area (TPSA) is 219 Å². The van der Waals surface area contributed by atoms with E-state index in [0.29, 0.717) is 96.1 Å². The predicted molar refractivity (Wildman–Crippen MR) is 300 cm³/mol. The first-order valence-corrected chi connectivity index (χ1v) is 28.9. The molecule has 420 valence electrons. The normalized spacial score (nSPS) is 21.8. The summed E-state index contributed by atoms with van der Waals surface area (Å²) in [5.74, 6) is -0.0272. The molecule has 5 aromatic rings. The monoisotopic (exact) mass is 1110 g/mol. The molecule has 3 N–H and O–H groups in total. The molecule has 3 fully saturated rings. The molecule has 2 saturated heterocycles. The molecule has 20 heteroatoms. The third kappa shape index (κ3) is 10.6. The Labute approximate surface area is 469 Å². The highest BCUT2D eigenvalue weighted by atomic mass is 35.5. The van der Waals surface area contributed by atoms with E-state index in [9.17, 15) is 34.3 Å². The molecule has 3 aromatic heterocycles. The molecule has 7 heterocycles. The van der Waals surface area contributed by atoms with Gasteiger partial charge in [-0.1, -0.05) is 37.8 Å². The van der Waals surface area contributed by atoms with E-state index >= 15 is 4.39 Å². The lowest BCUT2D eigenvalue weighted by Gasteiger charge is -2.36. The first-order chi connectivity index (χ1) is 38.6. The van der Waals surface area contributed by atoms with Gasteiger partial charge in [0, 0.05) is 93.1 Å². The quantitative estimate of drug-likeness (QED) is 0.0688. The molecule has 3 amide bonds. The van der Waals surface area contributed by atoms with E-state index < -0.39 is 23.2 Å². The SMILES string of the molecule is CC[C@@]1(O)C(=O)OCc2c1cc1n(c2=O)Cc2c-1nc1cc(F)c(C)c3c1c2C(NC(=O)CN1CCN(C(=O)CCCCCC2CCN(c4ccc(C(=O)N[C@H]5CC[C@H](N(C)c6ccc(C#N)c(Cl)c6)CC5)nn4)CC2)CC1)CC3. The number of hydrogen-bond donors (Lipinski definition) is 3. The fraction of sp³-hybridized carbons (Fsp3) is 0.517. The van der Waals surface area contributed by atoms with E-state index in [2.05, 4.69) is 41.6 Å². The van der Waals surface area contributed by atoms with Crippen LogP contribution >= 0.6 is 11.6 Å². The number of unbranched alkanes of at least 4 members (excludes halogenated alkanes) is 2. The van der Waals surface area contributed by atoms with Crippen LogP contribution in [0, 0.1) is 30.0 Å². The number of fused-ring (bicyclic) bond motifs is 5. The lowest BCUT2D eigenvalue weighted by Crippen LogP contribution is -2.51. The standard InChI is InChI=1S/C60H69ClFN11O7/c1-4-60(79)44-29-50-56-42(32-73(50)58(77)43(44)34-80-59(60)78)55-47(17-16-41-35(2)46(62)30-49(66-56)54(41)55)65-52(74)33-70-24-26-72(27-25-70)53(75)9-7-5-6-8-36-20-22-71(23-21-36)51-19-18-48(67-68-51)57(76)64-38-11-14-39(15-12-38)69(3)40-13-10-37(31-63)45(61)28-40/h10,13,18-19,28-30,36,38-39,47,79H,4-9,11-12,14-17,20-27,32-34H2,1-3H3,(H,64,76)(H,65,74)/t38-,39-,47?,60-/m0/s1. The van der Waals surface area contributed by atoms with Gasteiger partial charge in [-0.25, -0.2) is 14.2 Å². The van der Waals surface area contributed by atoms with Crippen molar-refractivity contribution in [3.05, 3.63) is 108 Å². The van der Waals surface area contributed by atoms with E-state index in [1.165, 1.54) is 6.07 Å². The van der Waals surface area contributed by atoms with Gasteiger partial charge in [0.25, 0.3) is 11.5 Å². The minimum Gasteiger partial charge on any atom is -0.458 e. The van der Waals surface area contributed by atoms with Crippen LogP contribution in [0.5, 0.6) is 0 Å². The lowest BCUT2D eigenvalue weighted by atomic mass is 9.81. The van der Waals surface area contributed by atoms with Crippen molar-refractivity contribution in [3.8, 4) is 17.5 Å². The molecule has 6 aliphatic rings. The smallest absolute Gasteiger partial charge is 0.343 e. The number of esters is 1. The van der Waals surface area contributed by atoms with Crippen LogP contribution in [-0.2, 0) is 44.3 Å². The van der Waals surface area contributed by atoms with E-state index in [4.69, 9.17) is 21.3 Å². The van der Waals surface area contributed by atoms with Crippen molar-refractivity contribution in [1.82, 2.24) is 40.2 Å². The van der Waals surface area contributed by atoms with Gasteiger partial charge >= 0.3 is 5.97 Å². The number of piperazine rings is 1. The van der Waals surface area contributed by atoms with Gasteiger partial charge in [0.1, 0.15) is 18.5 Å². The average Bonchev–Trinajstić information content (AvgIpc) is 4.08. The van der Waals surface area contributed by atoms with Crippen molar-refractivity contribution in [1.29, 1.82) is 5.26 Å². The number of halogens is 2. The number of anilines is 2. The first-order valence-electron chi connectivity index (χ1n) is 28.6. The van der Waals surface area contributed by atoms with Gasteiger partial charge in [-0.3, -0.25) is 24.1 Å². The molecular weight excluding hydrogens is 1040 g/mol. The second kappa shape index (κ2) is 22.9. The van der Waals surface area contributed by atoms with Crippen molar-refractivity contribution < 1.29 is 33.4 Å². The number of aromatic nitrogens is 4. The molecule has 80 heavy (non-hydrogen) atoms. The number of aryl methyl sites for hydroxylation is 1. The van der Waals surface area contributed by atoms with E-state index in [0.717, 1.165) is 111 Å². The Bertz CT molecular complexity index is 3360. The van der Waals surface area contributed by atoms with Gasteiger partial charge in [0.2, 0.25) is 11.8 Å². The van der Waals surface area contributed by atoms with Crippen LogP contribution in [0.2, 0.25) is 5.02 Å². The highest BCUT2D eigenvalue weighted by Gasteiger charge is 2.46. The number of nitrogens with zero attached hydrogens (tertiary/aromatic N) is 9. The van der Waals surface area contributed by atoms with Gasteiger partial charge in [-0.05, 0) is 130 Å². The molecule has 4 aliphatic heterocycles. The Morgan fingerprint density at radius 1 is 0.925 bits per heavy atom. The highest BCUT2D eigenvalue weighted by molar-refractivity contribution is 6.32. The van der Waals surface area contributed by atoms with E-state index in [-0.39, 0.29) is 66.8 Å². The number of benzene rings is 2. The highest BCUT2D eigenvalue weighted by Crippen LogP contribution is 2.46. The number of amides is 3. The summed E-state index contributed by atoms with van der Waals surface area (Å²) >= 11 is 6.28. The molecule has 2 aromatic carbocycles. The van der Waals surface area contributed by atoms with Gasteiger partial charge in [0.15, 0.2) is 17.1 Å². The second-order valence-electron chi connectivity index (χ2n) is 22.8. The Hall–Kier alpha value is -7.01. The third-order valence-corrected chi connectivity index (χ3v) is 18.5. The van der Waals surface area contributed by atoms with Crippen LogP contribution in [0.1, 0.15) is 146 Å². The van der Waals surface area contributed by atoms with Crippen molar-refractivity contribution in [2.75, 3.05) is 62.7 Å². The maximum Gasteiger partial charge on any atom is 0.343 e. The van der Waals surface area contributed by atoms with Gasteiger partial charge in [-0.2, -0.15) is 5.26 Å². The summed E-state index contributed by atoms with van der Waals surface area (Å²) in [4.78, 5) is 80.6. The summed E-state index contributed by atoms with van der Waals surface area (Å²) in [5, 5.41) is 37.1. The van der Waals surface area contributed by atoms with Crippen LogP contribution in [-0.4, -0.2) is 123 Å². The third-order valence-electron chi connectivity index (χ3n) is 18.2. The summed E-state index contributed by atoms with van der Waals surface area (Å²) in [6.07, 6.45) is 11.2. The summed E-state index contributed by atoms with van der Waals surface area (Å²) in [6.45, 7) is 7.47. The molecule has 1 unspecified atom stereocenters. The summed E-state index contributed by atoms with van der Waals surface area (Å²) < 4.78 is 22.3. The number of rotatable bonds is 15. The fourth-order valence-corrected chi connectivity index (χ4v) is 13.5. The second-order valence-corrected chi connectivity index (χ2v) is 23.2. The maximum atomic E-state index is 15.4. The van der Waals surface area contributed by atoms with Crippen LogP contribution < -0.4 is 26.0 Å². The van der Waals surface area contributed by atoms with Gasteiger partial charge < -0.3 is 39.7 Å². The zero-order valence-corrected chi connectivity index (χ0v) is 46.5. The maximum absolute atomic E-state index is 15.4. The summed E-state index contributed by atoms with van der Waals surface area (Å²) in [6, 6.07) is 14.3. The number of nitrogens with one attached hydrogen (secondary N) is 2. The minimum atomic E-state index is -1.99. The summed E-state index contributed by atoms with van der Waals surface area (Å²) in [5.41, 5.74) is 4.01. The Morgan fingerprint density at radius 2 is 1.70 bits per heavy atom. The number of nitriles is 1. The number of hydrogen-bond acceptors (Lipinski definition) is 14. The first kappa shape index (κ1) is 54.9. The van der Waals surface area contributed by atoms with Crippen LogP contribution in [0.4, 0.5) is 15.9 Å². The lowest BCUT2D eigenvalue weighted by molar-refractivity contribution is -0.172. The zero-order valence-electron chi connectivity index (χ0n) is 45.8. The van der Waals surface area contributed by atoms with Crippen LogP contribution in [0.25, 0.3) is 22.3 Å². The number of carbonyl (C=O) groups is 4. The molecule has 2 atom stereocenters. The number of piperidine rings is 1. The van der Waals surface area contributed by atoms with Crippen molar-refractivity contribution in [3.63, 3.8) is 0 Å². The summed E-state index contributed by atoms with van der Waals surface area (Å²) in [7, 11) is 2.04. The Morgan fingerprint density at radius 3 is 2.41 bits per heavy atom.